The molecule has 1 saturated heterocycles. The minimum absolute atomic E-state index is 0.0925. The van der Waals surface area contributed by atoms with Gasteiger partial charge in [-0.1, -0.05) is 25.1 Å². The van der Waals surface area contributed by atoms with Crippen LogP contribution in [0, 0.1) is 13.8 Å². The van der Waals surface area contributed by atoms with Crippen LogP contribution in [0.1, 0.15) is 30.0 Å². The summed E-state index contributed by atoms with van der Waals surface area (Å²) in [5.74, 6) is 0.755. The molecule has 0 aromatic heterocycles. The molecule has 0 radical (unpaired) electrons. The number of anilines is 1. The van der Waals surface area contributed by atoms with Gasteiger partial charge in [0.05, 0.1) is 6.61 Å². The van der Waals surface area contributed by atoms with Crippen molar-refractivity contribution in [3.8, 4) is 5.75 Å². The minimum Gasteiger partial charge on any atom is -0.494 e. The van der Waals surface area contributed by atoms with Gasteiger partial charge in [-0.25, -0.2) is 10.9 Å². The van der Waals surface area contributed by atoms with E-state index in [1.807, 2.05) is 30.3 Å². The van der Waals surface area contributed by atoms with Crippen molar-refractivity contribution in [1.29, 1.82) is 0 Å². The number of hydrogen-bond donors (Lipinski definition) is 5. The summed E-state index contributed by atoms with van der Waals surface area (Å²) in [5.41, 5.74) is 13.3. The average molecular weight is 383 g/mol. The molecule has 2 aromatic rings. The van der Waals surface area contributed by atoms with E-state index in [9.17, 15) is 4.79 Å². The molecule has 2 aromatic carbocycles. The molecule has 2 unspecified atom stereocenters. The Morgan fingerprint density at radius 3 is 2.57 bits per heavy atom. The van der Waals surface area contributed by atoms with Crippen LogP contribution in [0.2, 0.25) is 0 Å². The third-order valence-electron chi connectivity index (χ3n) is 4.76. The highest BCUT2D eigenvalue weighted by Crippen LogP contribution is 2.16. The van der Waals surface area contributed by atoms with Gasteiger partial charge >= 0.3 is 0 Å². The zero-order valence-corrected chi connectivity index (χ0v) is 16.6. The number of ether oxygens (including phenoxy) is 1. The molecule has 0 aliphatic carbocycles. The maximum atomic E-state index is 12.6. The van der Waals surface area contributed by atoms with E-state index in [0.717, 1.165) is 23.4 Å². The molecule has 150 valence electrons. The molecule has 1 aliphatic heterocycles. The number of carbonyl (C=O) groups is 1. The Hall–Kier alpha value is -2.61. The Balaban J connectivity index is 1.53. The van der Waals surface area contributed by atoms with Crippen LogP contribution in [-0.4, -0.2) is 24.7 Å². The molecule has 1 amide bonds. The Bertz CT molecular complexity index is 794. The van der Waals surface area contributed by atoms with Gasteiger partial charge in [0.1, 0.15) is 18.0 Å². The molecule has 28 heavy (non-hydrogen) atoms. The zero-order valence-electron chi connectivity index (χ0n) is 16.6. The summed E-state index contributed by atoms with van der Waals surface area (Å²) in [6.07, 6.45) is 0.706. The van der Waals surface area contributed by atoms with Crippen molar-refractivity contribution in [3.63, 3.8) is 0 Å². The van der Waals surface area contributed by atoms with Gasteiger partial charge in [-0.2, -0.15) is 5.53 Å². The standard InChI is InChI=1S/C21H29N5O2/c1-4-11-28-18-9-6-16(7-10-18)13-22-21(27)19-20(25-26-24-19)23-17-8-5-14(2)15(3)12-17/h5-10,12,19-20,23-26H,4,11,13H2,1-3H3,(H,22,27). The highest BCUT2D eigenvalue weighted by molar-refractivity contribution is 5.83. The largest absolute Gasteiger partial charge is 0.494 e. The predicted octanol–water partition coefficient (Wildman–Crippen LogP) is 2.13. The van der Waals surface area contributed by atoms with Crippen molar-refractivity contribution in [2.45, 2.75) is 45.9 Å². The van der Waals surface area contributed by atoms with Crippen molar-refractivity contribution >= 4 is 11.6 Å². The second-order valence-corrected chi connectivity index (χ2v) is 7.02. The van der Waals surface area contributed by atoms with E-state index >= 15 is 0 Å². The lowest BCUT2D eigenvalue weighted by Gasteiger charge is -2.20. The summed E-state index contributed by atoms with van der Waals surface area (Å²) >= 11 is 0. The molecule has 1 fully saturated rings. The third-order valence-corrected chi connectivity index (χ3v) is 4.76. The van der Waals surface area contributed by atoms with Crippen LogP contribution in [0.25, 0.3) is 0 Å². The van der Waals surface area contributed by atoms with Crippen LogP contribution in [0.4, 0.5) is 5.69 Å². The predicted molar refractivity (Wildman–Crippen MR) is 111 cm³/mol. The number of amides is 1. The summed E-state index contributed by atoms with van der Waals surface area (Å²) in [6.45, 7) is 7.39. The topological polar surface area (TPSA) is 86.5 Å². The minimum atomic E-state index is -0.450. The van der Waals surface area contributed by atoms with Gasteiger partial charge in [-0.15, -0.1) is 0 Å². The highest BCUT2D eigenvalue weighted by Gasteiger charge is 2.32. The quantitative estimate of drug-likeness (QED) is 0.480. The lowest BCUT2D eigenvalue weighted by atomic mass is 10.1. The summed E-state index contributed by atoms with van der Waals surface area (Å²) in [6, 6.07) is 13.5. The molecule has 2 atom stereocenters. The highest BCUT2D eigenvalue weighted by atomic mass is 16.5. The molecule has 5 N–H and O–H groups in total. The smallest absolute Gasteiger partial charge is 0.242 e. The maximum Gasteiger partial charge on any atom is 0.242 e. The van der Waals surface area contributed by atoms with Crippen LogP contribution in [0.3, 0.4) is 0 Å². The van der Waals surface area contributed by atoms with Gasteiger partial charge < -0.3 is 15.4 Å². The van der Waals surface area contributed by atoms with Crippen LogP contribution in [0.15, 0.2) is 42.5 Å². The van der Waals surface area contributed by atoms with Crippen molar-refractivity contribution in [1.82, 2.24) is 21.7 Å². The van der Waals surface area contributed by atoms with Crippen molar-refractivity contribution in [2.24, 2.45) is 0 Å². The fraction of sp³-hybridized carbons (Fsp3) is 0.381. The first-order valence-corrected chi connectivity index (χ1v) is 9.66. The number of hydrazine groups is 2. The molecular weight excluding hydrogens is 354 g/mol. The van der Waals surface area contributed by atoms with E-state index in [4.69, 9.17) is 4.74 Å². The van der Waals surface area contributed by atoms with Crippen molar-refractivity contribution in [3.05, 3.63) is 59.2 Å². The lowest BCUT2D eigenvalue weighted by molar-refractivity contribution is -0.123. The van der Waals surface area contributed by atoms with E-state index in [2.05, 4.69) is 59.9 Å². The fourth-order valence-corrected chi connectivity index (χ4v) is 2.93. The monoisotopic (exact) mass is 383 g/mol. The molecule has 0 spiro atoms. The van der Waals surface area contributed by atoms with Gasteiger partial charge in [0, 0.05) is 12.2 Å². The Kier molecular flexibility index (Phi) is 6.86. The SMILES string of the molecule is CCCOc1ccc(CNC(=O)C2NNNC2Nc2ccc(C)c(C)c2)cc1. The van der Waals surface area contributed by atoms with Crippen LogP contribution in [0.5, 0.6) is 5.75 Å². The van der Waals surface area contributed by atoms with Crippen LogP contribution >= 0.6 is 0 Å². The third kappa shape index (κ3) is 5.22. The first-order chi connectivity index (χ1) is 13.6. The van der Waals surface area contributed by atoms with E-state index in [-0.39, 0.29) is 12.1 Å². The number of rotatable bonds is 8. The van der Waals surface area contributed by atoms with Crippen LogP contribution in [-0.2, 0) is 11.3 Å². The number of benzene rings is 2. The Labute approximate surface area is 166 Å². The van der Waals surface area contributed by atoms with Crippen LogP contribution < -0.4 is 31.8 Å². The second-order valence-electron chi connectivity index (χ2n) is 7.02. The average Bonchev–Trinajstić information content (AvgIpc) is 3.16. The molecule has 3 rings (SSSR count). The van der Waals surface area contributed by atoms with Gasteiger partial charge in [0.2, 0.25) is 5.91 Å². The van der Waals surface area contributed by atoms with E-state index in [0.29, 0.717) is 13.2 Å². The summed E-state index contributed by atoms with van der Waals surface area (Å²) in [7, 11) is 0. The van der Waals surface area contributed by atoms with Gasteiger partial charge in [-0.05, 0) is 61.2 Å². The number of aryl methyl sites for hydroxylation is 2. The molecule has 1 aliphatic rings. The maximum absolute atomic E-state index is 12.6. The summed E-state index contributed by atoms with van der Waals surface area (Å²) in [5, 5.41) is 6.33. The molecular formula is C21H29N5O2. The molecule has 7 heteroatoms. The number of carbonyl (C=O) groups excluding carboxylic acids is 1. The summed E-state index contributed by atoms with van der Waals surface area (Å²) in [4.78, 5) is 12.6. The number of hydrogen-bond acceptors (Lipinski definition) is 6. The van der Waals surface area contributed by atoms with Crippen molar-refractivity contribution < 1.29 is 9.53 Å². The lowest BCUT2D eigenvalue weighted by Crippen LogP contribution is -2.50. The van der Waals surface area contributed by atoms with E-state index in [1.165, 1.54) is 11.1 Å². The molecule has 0 bridgehead atoms. The first kappa shape index (κ1) is 20.1. The second kappa shape index (κ2) is 9.54. The Morgan fingerprint density at radius 1 is 1.07 bits per heavy atom. The van der Waals surface area contributed by atoms with Gasteiger partial charge in [0.25, 0.3) is 0 Å². The fourth-order valence-electron chi connectivity index (χ4n) is 2.93. The molecule has 1 heterocycles. The zero-order chi connectivity index (χ0) is 19.9. The normalized spacial score (nSPS) is 18.7. The molecule has 7 nitrogen and oxygen atoms in total. The Morgan fingerprint density at radius 2 is 1.86 bits per heavy atom. The number of nitrogens with one attached hydrogen (secondary N) is 5. The molecule has 0 saturated carbocycles. The van der Waals surface area contributed by atoms with Crippen molar-refractivity contribution in [2.75, 3.05) is 11.9 Å². The van der Waals surface area contributed by atoms with Gasteiger partial charge in [-0.3, -0.25) is 4.79 Å². The van der Waals surface area contributed by atoms with E-state index < -0.39 is 6.04 Å². The van der Waals surface area contributed by atoms with Gasteiger partial charge in [0.15, 0.2) is 0 Å². The summed E-state index contributed by atoms with van der Waals surface area (Å²) < 4.78 is 5.58. The first-order valence-electron chi connectivity index (χ1n) is 9.66. The van der Waals surface area contributed by atoms with E-state index in [1.54, 1.807) is 0 Å².